The molecule has 1 aromatic rings. The Bertz CT molecular complexity index is 761. The van der Waals surface area contributed by atoms with Crippen LogP contribution in [0.4, 0.5) is 0 Å². The van der Waals surface area contributed by atoms with Crippen LogP contribution in [0.1, 0.15) is 57.4 Å². The van der Waals surface area contributed by atoms with Gasteiger partial charge in [0.05, 0.1) is 24.7 Å². The molecule has 2 aliphatic heterocycles. The summed E-state index contributed by atoms with van der Waals surface area (Å²) in [6.07, 6.45) is 10.4. The zero-order valence-electron chi connectivity index (χ0n) is 19.2. The van der Waals surface area contributed by atoms with Crippen molar-refractivity contribution in [3.63, 3.8) is 0 Å². The summed E-state index contributed by atoms with van der Waals surface area (Å²) in [6, 6.07) is 7.96. The zero-order valence-corrected chi connectivity index (χ0v) is 20.9. The number of rotatable bonds is 13. The van der Waals surface area contributed by atoms with Crippen LogP contribution in [0, 0.1) is 0 Å². The van der Waals surface area contributed by atoms with Crippen molar-refractivity contribution in [1.82, 2.24) is 9.80 Å². The second kappa shape index (κ2) is 14.0. The molecular formula is C25H36N2O3S2. The summed E-state index contributed by atoms with van der Waals surface area (Å²) in [4.78, 5) is 17.6. The highest BCUT2D eigenvalue weighted by atomic mass is 32.2. The van der Waals surface area contributed by atoms with Gasteiger partial charge in [-0.05, 0) is 36.6 Å². The van der Waals surface area contributed by atoms with E-state index in [4.69, 9.17) is 21.7 Å². The Balaban J connectivity index is 1.41. The number of benzene rings is 1. The molecule has 2 saturated heterocycles. The number of nitrogens with zero attached hydrogens (tertiary/aromatic N) is 2. The zero-order chi connectivity index (χ0) is 22.6. The number of amides is 1. The van der Waals surface area contributed by atoms with Crippen molar-refractivity contribution in [3.8, 4) is 5.75 Å². The number of morpholine rings is 1. The Morgan fingerprint density at radius 3 is 2.50 bits per heavy atom. The summed E-state index contributed by atoms with van der Waals surface area (Å²) in [5.41, 5.74) is 0.991. The van der Waals surface area contributed by atoms with Gasteiger partial charge in [0.25, 0.3) is 5.91 Å². The molecule has 32 heavy (non-hydrogen) atoms. The van der Waals surface area contributed by atoms with E-state index >= 15 is 0 Å². The van der Waals surface area contributed by atoms with Crippen LogP contribution in [-0.2, 0) is 9.53 Å². The molecule has 0 bridgehead atoms. The minimum absolute atomic E-state index is 0.0189. The number of hydrogen-bond acceptors (Lipinski definition) is 6. The van der Waals surface area contributed by atoms with E-state index in [2.05, 4.69) is 11.8 Å². The first-order valence-corrected chi connectivity index (χ1v) is 13.2. The van der Waals surface area contributed by atoms with Crippen LogP contribution in [0.2, 0.25) is 0 Å². The Morgan fingerprint density at radius 1 is 1.03 bits per heavy atom. The quantitative estimate of drug-likeness (QED) is 0.217. The van der Waals surface area contributed by atoms with Crippen molar-refractivity contribution in [2.45, 2.75) is 51.9 Å². The van der Waals surface area contributed by atoms with Gasteiger partial charge in [-0.3, -0.25) is 14.6 Å². The van der Waals surface area contributed by atoms with Crippen LogP contribution in [-0.4, -0.2) is 66.0 Å². The van der Waals surface area contributed by atoms with E-state index in [-0.39, 0.29) is 5.91 Å². The minimum atomic E-state index is 0.0189. The van der Waals surface area contributed by atoms with E-state index in [1.807, 2.05) is 30.3 Å². The highest BCUT2D eigenvalue weighted by Crippen LogP contribution is 2.32. The molecule has 1 aromatic carbocycles. The molecule has 1 amide bonds. The third kappa shape index (κ3) is 8.18. The number of thiocarbonyl (C=S) groups is 1. The summed E-state index contributed by atoms with van der Waals surface area (Å²) in [5.74, 6) is 0.900. The summed E-state index contributed by atoms with van der Waals surface area (Å²) in [7, 11) is 0. The molecule has 0 aliphatic carbocycles. The monoisotopic (exact) mass is 476 g/mol. The first-order chi connectivity index (χ1) is 15.7. The fraction of sp³-hybridized carbons (Fsp3) is 0.600. The second-order valence-electron chi connectivity index (χ2n) is 8.33. The van der Waals surface area contributed by atoms with Crippen molar-refractivity contribution in [1.29, 1.82) is 0 Å². The fourth-order valence-electron chi connectivity index (χ4n) is 3.85. The van der Waals surface area contributed by atoms with Gasteiger partial charge in [-0.15, -0.1) is 0 Å². The lowest BCUT2D eigenvalue weighted by Crippen LogP contribution is -2.38. The molecular weight excluding hydrogens is 440 g/mol. The molecule has 2 fully saturated rings. The van der Waals surface area contributed by atoms with E-state index < -0.39 is 0 Å². The van der Waals surface area contributed by atoms with Gasteiger partial charge in [0, 0.05) is 26.2 Å². The second-order valence-corrected chi connectivity index (χ2v) is 10.0. The lowest BCUT2D eigenvalue weighted by atomic mass is 10.1. The van der Waals surface area contributed by atoms with Gasteiger partial charge in [-0.2, -0.15) is 0 Å². The molecule has 0 atom stereocenters. The third-order valence-electron chi connectivity index (χ3n) is 5.78. The van der Waals surface area contributed by atoms with Crippen LogP contribution in [0.15, 0.2) is 29.2 Å². The van der Waals surface area contributed by atoms with Gasteiger partial charge in [-0.1, -0.05) is 75.1 Å². The molecule has 0 unspecified atom stereocenters. The van der Waals surface area contributed by atoms with Crippen LogP contribution in [0.5, 0.6) is 5.75 Å². The minimum Gasteiger partial charge on any atom is -0.494 e. The molecule has 0 radical (unpaired) electrons. The molecule has 0 aromatic heterocycles. The molecule has 2 aliphatic rings. The normalized spacial score (nSPS) is 18.7. The van der Waals surface area contributed by atoms with Crippen LogP contribution >= 0.6 is 24.0 Å². The van der Waals surface area contributed by atoms with Crippen LogP contribution in [0.25, 0.3) is 6.08 Å². The van der Waals surface area contributed by atoms with Crippen molar-refractivity contribution in [2.75, 3.05) is 46.0 Å². The van der Waals surface area contributed by atoms with Crippen molar-refractivity contribution in [3.05, 3.63) is 34.7 Å². The van der Waals surface area contributed by atoms with Gasteiger partial charge in [0.1, 0.15) is 10.1 Å². The van der Waals surface area contributed by atoms with E-state index in [1.165, 1.54) is 43.9 Å². The van der Waals surface area contributed by atoms with Gasteiger partial charge in [-0.25, -0.2) is 0 Å². The molecule has 7 heteroatoms. The average molecular weight is 477 g/mol. The predicted molar refractivity (Wildman–Crippen MR) is 137 cm³/mol. The number of unbranched alkanes of at least 4 members (excludes halogenated alkanes) is 5. The van der Waals surface area contributed by atoms with Crippen LogP contribution < -0.4 is 4.74 Å². The van der Waals surface area contributed by atoms with Crippen molar-refractivity contribution >= 4 is 40.3 Å². The molecule has 3 rings (SSSR count). The standard InChI is InChI=1S/C25H36N2O3S2/c1-2-3-4-5-6-7-17-30-22-11-9-21(10-12-22)20-23-24(28)27(25(31)32-23)14-8-13-26-15-18-29-19-16-26/h9-12,20H,2-8,13-19H2,1H3/b23-20+. The predicted octanol–water partition coefficient (Wildman–Crippen LogP) is 5.35. The van der Waals surface area contributed by atoms with Gasteiger partial charge in [0.15, 0.2) is 0 Å². The summed E-state index contributed by atoms with van der Waals surface area (Å²) in [6.45, 7) is 8.17. The van der Waals surface area contributed by atoms with Crippen molar-refractivity contribution in [2.24, 2.45) is 0 Å². The lowest BCUT2D eigenvalue weighted by Gasteiger charge is -2.27. The molecule has 0 saturated carbocycles. The SMILES string of the molecule is CCCCCCCCOc1ccc(/C=C2/SC(=S)N(CCCN3CCOCC3)C2=O)cc1. The maximum Gasteiger partial charge on any atom is 0.266 e. The third-order valence-corrected chi connectivity index (χ3v) is 7.16. The van der Waals surface area contributed by atoms with E-state index in [0.717, 1.165) is 63.6 Å². The fourth-order valence-corrected chi connectivity index (χ4v) is 5.16. The first kappa shape index (κ1) is 25.2. The largest absolute Gasteiger partial charge is 0.494 e. The Morgan fingerprint density at radius 2 is 1.75 bits per heavy atom. The lowest BCUT2D eigenvalue weighted by molar-refractivity contribution is -0.122. The molecule has 2 heterocycles. The Hall–Kier alpha value is -1.41. The molecule has 5 nitrogen and oxygen atoms in total. The first-order valence-electron chi connectivity index (χ1n) is 12.0. The maximum atomic E-state index is 12.8. The molecule has 0 spiro atoms. The van der Waals surface area contributed by atoms with E-state index in [0.29, 0.717) is 15.8 Å². The average Bonchev–Trinajstić information content (AvgIpc) is 3.07. The number of thioether (sulfide) groups is 1. The summed E-state index contributed by atoms with van der Waals surface area (Å²) >= 11 is 6.86. The molecule has 0 N–H and O–H groups in total. The van der Waals surface area contributed by atoms with Gasteiger partial charge >= 0.3 is 0 Å². The number of carbonyl (C=O) groups is 1. The maximum absolute atomic E-state index is 12.8. The Kier molecular flexibility index (Phi) is 11.0. The number of hydrogen-bond donors (Lipinski definition) is 0. The van der Waals surface area contributed by atoms with E-state index in [1.54, 1.807) is 4.90 Å². The van der Waals surface area contributed by atoms with Gasteiger partial charge < -0.3 is 9.47 Å². The highest BCUT2D eigenvalue weighted by Gasteiger charge is 2.31. The number of ether oxygens (including phenoxy) is 2. The van der Waals surface area contributed by atoms with Gasteiger partial charge in [0.2, 0.25) is 0 Å². The smallest absolute Gasteiger partial charge is 0.266 e. The van der Waals surface area contributed by atoms with Crippen molar-refractivity contribution < 1.29 is 14.3 Å². The summed E-state index contributed by atoms with van der Waals surface area (Å²) in [5, 5.41) is 0. The summed E-state index contributed by atoms with van der Waals surface area (Å²) < 4.78 is 11.9. The number of carbonyl (C=O) groups excluding carboxylic acids is 1. The molecule has 176 valence electrons. The van der Waals surface area contributed by atoms with Crippen LogP contribution in [0.3, 0.4) is 0 Å². The topological polar surface area (TPSA) is 42.0 Å². The Labute approximate surface area is 202 Å². The van der Waals surface area contributed by atoms with E-state index in [9.17, 15) is 4.79 Å². The highest BCUT2D eigenvalue weighted by molar-refractivity contribution is 8.26.